The topological polar surface area (TPSA) is 114 Å². The van der Waals surface area contributed by atoms with Gasteiger partial charge in [0, 0.05) is 5.56 Å². The van der Waals surface area contributed by atoms with Crippen molar-refractivity contribution in [3.63, 3.8) is 0 Å². The Morgan fingerprint density at radius 1 is 1.12 bits per heavy atom. The first-order valence-corrected chi connectivity index (χ1v) is 12.5. The Morgan fingerprint density at radius 3 is 2.41 bits per heavy atom. The van der Waals surface area contributed by atoms with Gasteiger partial charge in [-0.15, -0.1) is 0 Å². The van der Waals surface area contributed by atoms with Crippen LogP contribution in [-0.2, 0) is 15.5 Å². The lowest BCUT2D eigenvalue weighted by Crippen LogP contribution is -2.41. The SMILES string of the molecule is CCc1ncnc2c1N=C(c1ccc(C(CC)CCC(C)OP(=O)(O)O)cc1)C(C)(C)O2. The normalized spacial score (nSPS) is 17.2. The van der Waals surface area contributed by atoms with E-state index in [1.54, 1.807) is 6.92 Å². The highest BCUT2D eigenvalue weighted by molar-refractivity contribution is 7.46. The van der Waals surface area contributed by atoms with E-state index in [0.717, 1.165) is 36.2 Å². The zero-order chi connectivity index (χ0) is 23.5. The van der Waals surface area contributed by atoms with E-state index in [-0.39, 0.29) is 5.92 Å². The number of hydrogen-bond donors (Lipinski definition) is 2. The van der Waals surface area contributed by atoms with E-state index in [4.69, 9.17) is 24.0 Å². The number of ether oxygens (including phenoxy) is 1. The van der Waals surface area contributed by atoms with Crippen molar-refractivity contribution in [1.29, 1.82) is 0 Å². The molecule has 0 spiro atoms. The monoisotopic (exact) mass is 461 g/mol. The van der Waals surface area contributed by atoms with Gasteiger partial charge in [0.2, 0.25) is 5.88 Å². The lowest BCUT2D eigenvalue weighted by molar-refractivity contribution is 0.135. The van der Waals surface area contributed by atoms with E-state index in [9.17, 15) is 4.57 Å². The molecule has 9 heteroatoms. The molecule has 2 N–H and O–H groups in total. The minimum Gasteiger partial charge on any atom is -0.463 e. The highest BCUT2D eigenvalue weighted by Crippen LogP contribution is 2.40. The van der Waals surface area contributed by atoms with Crippen LogP contribution in [-0.4, -0.2) is 37.2 Å². The molecule has 2 aromatic rings. The number of aliphatic imine (C=N–C) groups is 1. The quantitative estimate of drug-likeness (QED) is 0.499. The molecule has 2 unspecified atom stereocenters. The Morgan fingerprint density at radius 2 is 1.81 bits per heavy atom. The standard InChI is InChI=1S/C23H32N3O5P/c1-6-16(9-8-15(3)31-32(27,28)29)17-10-12-18(13-11-17)21-23(4,5)30-22-20(26-21)19(7-2)24-14-25-22/h10-16H,6-9H2,1-5H3,(H2,27,28,29). The lowest BCUT2D eigenvalue weighted by atomic mass is 9.88. The molecule has 174 valence electrons. The number of hydrogen-bond acceptors (Lipinski definition) is 6. The smallest absolute Gasteiger partial charge is 0.463 e. The first-order chi connectivity index (χ1) is 15.0. The van der Waals surface area contributed by atoms with Crippen LogP contribution in [0.1, 0.15) is 76.6 Å². The van der Waals surface area contributed by atoms with Crippen molar-refractivity contribution >= 4 is 19.2 Å². The third kappa shape index (κ3) is 5.81. The summed E-state index contributed by atoms with van der Waals surface area (Å²) in [5, 5.41) is 0. The van der Waals surface area contributed by atoms with Gasteiger partial charge in [-0.2, -0.15) is 4.98 Å². The Balaban J connectivity index is 1.80. The molecule has 0 radical (unpaired) electrons. The molecule has 0 aliphatic carbocycles. The minimum absolute atomic E-state index is 0.269. The van der Waals surface area contributed by atoms with Crippen molar-refractivity contribution < 1.29 is 23.6 Å². The lowest BCUT2D eigenvalue weighted by Gasteiger charge is -2.32. The van der Waals surface area contributed by atoms with Gasteiger partial charge in [0.15, 0.2) is 0 Å². The van der Waals surface area contributed by atoms with Crippen LogP contribution < -0.4 is 4.74 Å². The number of phosphoric ester groups is 1. The van der Waals surface area contributed by atoms with Crippen LogP contribution >= 0.6 is 7.82 Å². The van der Waals surface area contributed by atoms with E-state index in [2.05, 4.69) is 41.2 Å². The minimum atomic E-state index is -4.46. The zero-order valence-electron chi connectivity index (χ0n) is 19.3. The third-order valence-corrected chi connectivity index (χ3v) is 6.37. The summed E-state index contributed by atoms with van der Waals surface area (Å²) in [6.07, 6.45) is 4.01. The molecule has 0 saturated heterocycles. The highest BCUT2D eigenvalue weighted by Gasteiger charge is 2.35. The number of phosphoric acid groups is 1. The fourth-order valence-electron chi connectivity index (χ4n) is 4.03. The average Bonchev–Trinajstić information content (AvgIpc) is 2.71. The van der Waals surface area contributed by atoms with Crippen LogP contribution in [0.2, 0.25) is 0 Å². The number of aromatic nitrogens is 2. The van der Waals surface area contributed by atoms with Crippen LogP contribution in [0.4, 0.5) is 5.69 Å². The van der Waals surface area contributed by atoms with Gasteiger partial charge in [-0.05, 0) is 57.9 Å². The van der Waals surface area contributed by atoms with Crippen LogP contribution in [0.25, 0.3) is 0 Å². The molecule has 2 atom stereocenters. The summed E-state index contributed by atoms with van der Waals surface area (Å²) in [5.74, 6) is 0.783. The van der Waals surface area contributed by atoms with Gasteiger partial charge < -0.3 is 14.5 Å². The number of aryl methyl sites for hydroxylation is 1. The van der Waals surface area contributed by atoms with Gasteiger partial charge in [0.1, 0.15) is 17.6 Å². The first-order valence-electron chi connectivity index (χ1n) is 11.0. The maximum atomic E-state index is 11.0. The van der Waals surface area contributed by atoms with Gasteiger partial charge in [-0.3, -0.25) is 4.52 Å². The average molecular weight is 461 g/mol. The van der Waals surface area contributed by atoms with E-state index in [0.29, 0.717) is 18.0 Å². The maximum Gasteiger partial charge on any atom is 0.469 e. The Labute approximate surface area is 189 Å². The summed E-state index contributed by atoms with van der Waals surface area (Å²) in [6.45, 7) is 9.78. The van der Waals surface area contributed by atoms with Crippen LogP contribution in [0.5, 0.6) is 5.88 Å². The van der Waals surface area contributed by atoms with Crippen LogP contribution in [0, 0.1) is 0 Å². The van der Waals surface area contributed by atoms with E-state index in [1.165, 1.54) is 11.9 Å². The zero-order valence-corrected chi connectivity index (χ0v) is 20.2. The molecule has 8 nitrogen and oxygen atoms in total. The second-order valence-corrected chi connectivity index (χ2v) is 9.80. The van der Waals surface area contributed by atoms with E-state index in [1.807, 2.05) is 20.8 Å². The van der Waals surface area contributed by atoms with E-state index < -0.39 is 19.5 Å². The second kappa shape index (κ2) is 9.79. The van der Waals surface area contributed by atoms with Crippen molar-refractivity contribution in [2.45, 2.75) is 77.9 Å². The third-order valence-electron chi connectivity index (χ3n) is 5.73. The predicted molar refractivity (Wildman–Crippen MR) is 124 cm³/mol. The molecular formula is C23H32N3O5P. The fourth-order valence-corrected chi connectivity index (χ4v) is 4.61. The first kappa shape index (κ1) is 24.5. The summed E-state index contributed by atoms with van der Waals surface area (Å²) in [4.78, 5) is 31.5. The fraction of sp³-hybridized carbons (Fsp3) is 0.522. The summed E-state index contributed by atoms with van der Waals surface area (Å²) in [6, 6.07) is 8.29. The molecule has 1 aromatic carbocycles. The summed E-state index contributed by atoms with van der Waals surface area (Å²) >= 11 is 0. The molecule has 2 heterocycles. The van der Waals surface area contributed by atoms with E-state index >= 15 is 0 Å². The number of nitrogens with zero attached hydrogens (tertiary/aromatic N) is 3. The Bertz CT molecular complexity index is 1020. The van der Waals surface area contributed by atoms with Crippen molar-refractivity contribution in [3.8, 4) is 5.88 Å². The molecule has 1 aromatic heterocycles. The number of rotatable bonds is 9. The molecule has 0 amide bonds. The Hall–Kier alpha value is -2.12. The van der Waals surface area contributed by atoms with Gasteiger partial charge in [0.25, 0.3) is 0 Å². The highest BCUT2D eigenvalue weighted by atomic mass is 31.2. The maximum absolute atomic E-state index is 11.0. The van der Waals surface area contributed by atoms with Crippen LogP contribution in [0.15, 0.2) is 35.6 Å². The Kier molecular flexibility index (Phi) is 7.50. The van der Waals surface area contributed by atoms with Gasteiger partial charge >= 0.3 is 7.82 Å². The van der Waals surface area contributed by atoms with Crippen molar-refractivity contribution in [2.24, 2.45) is 4.99 Å². The largest absolute Gasteiger partial charge is 0.469 e. The summed E-state index contributed by atoms with van der Waals surface area (Å²) in [5.41, 5.74) is 3.90. The van der Waals surface area contributed by atoms with Gasteiger partial charge in [-0.1, -0.05) is 38.1 Å². The molecule has 0 bridgehead atoms. The molecule has 0 fully saturated rings. The summed E-state index contributed by atoms with van der Waals surface area (Å²) in [7, 11) is -4.46. The van der Waals surface area contributed by atoms with Crippen molar-refractivity contribution in [2.75, 3.05) is 0 Å². The van der Waals surface area contributed by atoms with Gasteiger partial charge in [-0.25, -0.2) is 14.5 Å². The molecular weight excluding hydrogens is 429 g/mol. The molecule has 32 heavy (non-hydrogen) atoms. The number of fused-ring (bicyclic) bond motifs is 1. The van der Waals surface area contributed by atoms with Crippen LogP contribution in [0.3, 0.4) is 0 Å². The summed E-state index contributed by atoms with van der Waals surface area (Å²) < 4.78 is 22.0. The molecule has 1 aliphatic heterocycles. The van der Waals surface area contributed by atoms with Crippen molar-refractivity contribution in [3.05, 3.63) is 47.4 Å². The second-order valence-electron chi connectivity index (χ2n) is 8.61. The number of benzene rings is 1. The van der Waals surface area contributed by atoms with Gasteiger partial charge in [0.05, 0.1) is 17.5 Å². The molecule has 3 rings (SSSR count). The molecule has 1 aliphatic rings. The predicted octanol–water partition coefficient (Wildman–Crippen LogP) is 5.10. The van der Waals surface area contributed by atoms with Crippen molar-refractivity contribution in [1.82, 2.24) is 9.97 Å². The molecule has 0 saturated carbocycles.